The van der Waals surface area contributed by atoms with E-state index in [1.54, 1.807) is 4.90 Å². The molecular weight excluding hydrogens is 253 g/mol. The minimum atomic E-state index is -0.406. The summed E-state index contributed by atoms with van der Waals surface area (Å²) in [5.41, 5.74) is 0.489. The molecule has 18 heavy (non-hydrogen) atoms. The lowest BCUT2D eigenvalue weighted by Gasteiger charge is -2.32. The second kappa shape index (κ2) is 4.55. The van der Waals surface area contributed by atoms with E-state index in [-0.39, 0.29) is 23.0 Å². The first kappa shape index (κ1) is 12.0. The Hall–Kier alpha value is -1.07. The summed E-state index contributed by atoms with van der Waals surface area (Å²) in [7, 11) is 0. The Morgan fingerprint density at radius 3 is 2.61 bits per heavy atom. The smallest absolute Gasteiger partial charge is 0.254 e. The maximum Gasteiger partial charge on any atom is 0.254 e. The Kier molecular flexibility index (Phi) is 3.03. The fraction of sp³-hybridized carbons (Fsp3) is 0.462. The number of carbonyl (C=O) groups excluding carboxylic acids is 1. The Balaban J connectivity index is 1.79. The van der Waals surface area contributed by atoms with Crippen LogP contribution in [0.2, 0.25) is 0 Å². The van der Waals surface area contributed by atoms with Crippen LogP contribution in [0.15, 0.2) is 23.1 Å². The minimum Gasteiger partial charge on any atom is -0.371 e. The summed E-state index contributed by atoms with van der Waals surface area (Å²) in [5, 5.41) is 0. The van der Waals surface area contributed by atoms with Crippen molar-refractivity contribution in [3.05, 3.63) is 29.6 Å². The van der Waals surface area contributed by atoms with E-state index < -0.39 is 5.82 Å². The van der Waals surface area contributed by atoms with Gasteiger partial charge in [-0.15, -0.1) is 12.6 Å². The van der Waals surface area contributed by atoms with Crippen LogP contribution in [-0.4, -0.2) is 36.1 Å². The van der Waals surface area contributed by atoms with Crippen molar-refractivity contribution in [3.8, 4) is 0 Å². The molecule has 1 aromatic rings. The number of rotatable bonds is 1. The SMILES string of the molecule is O=C(c1ccc(F)c(S)c1)N1CC2CCC(C1)O2. The van der Waals surface area contributed by atoms with E-state index in [1.165, 1.54) is 18.2 Å². The number of benzene rings is 1. The van der Waals surface area contributed by atoms with Crippen molar-refractivity contribution in [1.29, 1.82) is 0 Å². The van der Waals surface area contributed by atoms with Gasteiger partial charge in [0.2, 0.25) is 0 Å². The van der Waals surface area contributed by atoms with Crippen LogP contribution in [0, 0.1) is 5.82 Å². The predicted octanol–water partition coefficient (Wildman–Crippen LogP) is 2.12. The highest BCUT2D eigenvalue weighted by Crippen LogP contribution is 2.27. The van der Waals surface area contributed by atoms with Gasteiger partial charge in [0.1, 0.15) is 5.82 Å². The van der Waals surface area contributed by atoms with Crippen molar-refractivity contribution >= 4 is 18.5 Å². The molecule has 2 aliphatic heterocycles. The zero-order valence-electron chi connectivity index (χ0n) is 9.80. The van der Waals surface area contributed by atoms with Crippen molar-refractivity contribution in [2.24, 2.45) is 0 Å². The number of amides is 1. The molecule has 0 radical (unpaired) electrons. The van der Waals surface area contributed by atoms with Gasteiger partial charge in [0.25, 0.3) is 5.91 Å². The number of thiol groups is 1. The highest BCUT2D eigenvalue weighted by Gasteiger charge is 2.35. The van der Waals surface area contributed by atoms with Crippen LogP contribution in [0.1, 0.15) is 23.2 Å². The van der Waals surface area contributed by atoms with Gasteiger partial charge in [-0.1, -0.05) is 0 Å². The van der Waals surface area contributed by atoms with Gasteiger partial charge in [-0.3, -0.25) is 4.79 Å². The van der Waals surface area contributed by atoms with E-state index in [2.05, 4.69) is 12.6 Å². The average molecular weight is 267 g/mol. The average Bonchev–Trinajstić information content (AvgIpc) is 2.71. The van der Waals surface area contributed by atoms with Crippen LogP contribution in [0.5, 0.6) is 0 Å². The largest absolute Gasteiger partial charge is 0.371 e. The summed E-state index contributed by atoms with van der Waals surface area (Å²) in [5.74, 6) is -0.470. The highest BCUT2D eigenvalue weighted by atomic mass is 32.1. The summed E-state index contributed by atoms with van der Waals surface area (Å²) in [6, 6.07) is 4.28. The molecular formula is C13H14FNO2S. The Labute approximate surface area is 110 Å². The van der Waals surface area contributed by atoms with Crippen molar-refractivity contribution in [2.45, 2.75) is 29.9 Å². The molecule has 5 heteroatoms. The van der Waals surface area contributed by atoms with Gasteiger partial charge in [0.05, 0.1) is 12.2 Å². The van der Waals surface area contributed by atoms with E-state index in [1.807, 2.05) is 0 Å². The van der Waals surface area contributed by atoms with Crippen LogP contribution in [0.4, 0.5) is 4.39 Å². The van der Waals surface area contributed by atoms with Crippen LogP contribution in [0.25, 0.3) is 0 Å². The topological polar surface area (TPSA) is 29.5 Å². The molecule has 96 valence electrons. The molecule has 3 rings (SSSR count). The Morgan fingerprint density at radius 1 is 1.33 bits per heavy atom. The van der Waals surface area contributed by atoms with Crippen molar-refractivity contribution < 1.29 is 13.9 Å². The predicted molar refractivity (Wildman–Crippen MR) is 67.5 cm³/mol. The summed E-state index contributed by atoms with van der Waals surface area (Å²) < 4.78 is 18.8. The molecule has 2 saturated heterocycles. The number of halogens is 1. The molecule has 0 N–H and O–H groups in total. The third-order valence-corrected chi connectivity index (χ3v) is 3.87. The standard InChI is InChI=1S/C13H14FNO2S/c14-11-4-1-8(5-12(11)18)13(16)15-6-9-2-3-10(7-15)17-9/h1,4-5,9-10,18H,2-3,6-7H2. The lowest BCUT2D eigenvalue weighted by molar-refractivity contribution is -0.0303. The zero-order chi connectivity index (χ0) is 12.7. The number of carbonyl (C=O) groups is 1. The van der Waals surface area contributed by atoms with Crippen LogP contribution >= 0.6 is 12.6 Å². The van der Waals surface area contributed by atoms with Gasteiger partial charge in [-0.2, -0.15) is 0 Å². The lowest BCUT2D eigenvalue weighted by Crippen LogP contribution is -2.45. The van der Waals surface area contributed by atoms with Crippen LogP contribution < -0.4 is 0 Å². The number of fused-ring (bicyclic) bond motifs is 2. The fourth-order valence-electron chi connectivity index (χ4n) is 2.61. The van der Waals surface area contributed by atoms with E-state index >= 15 is 0 Å². The van der Waals surface area contributed by atoms with Gasteiger partial charge in [-0.25, -0.2) is 4.39 Å². The maximum absolute atomic E-state index is 13.1. The van der Waals surface area contributed by atoms with Gasteiger partial charge in [-0.05, 0) is 31.0 Å². The molecule has 3 nitrogen and oxygen atoms in total. The molecule has 2 fully saturated rings. The summed E-state index contributed by atoms with van der Waals surface area (Å²) in [6.45, 7) is 1.27. The Bertz CT molecular complexity index is 482. The number of hydrogen-bond acceptors (Lipinski definition) is 3. The summed E-state index contributed by atoms with van der Waals surface area (Å²) in [4.78, 5) is 14.3. The Morgan fingerprint density at radius 2 is 2.00 bits per heavy atom. The van der Waals surface area contributed by atoms with E-state index in [9.17, 15) is 9.18 Å². The first-order valence-electron chi connectivity index (χ1n) is 6.07. The van der Waals surface area contributed by atoms with E-state index in [0.29, 0.717) is 18.7 Å². The summed E-state index contributed by atoms with van der Waals surface area (Å²) in [6.07, 6.45) is 2.39. The minimum absolute atomic E-state index is 0.0644. The summed E-state index contributed by atoms with van der Waals surface area (Å²) >= 11 is 4.00. The molecule has 2 atom stereocenters. The molecule has 2 heterocycles. The number of nitrogens with zero attached hydrogens (tertiary/aromatic N) is 1. The molecule has 1 aromatic carbocycles. The number of ether oxygens (including phenoxy) is 1. The molecule has 0 aliphatic carbocycles. The first-order valence-corrected chi connectivity index (χ1v) is 6.51. The molecule has 0 aromatic heterocycles. The van der Waals surface area contributed by atoms with E-state index in [0.717, 1.165) is 12.8 Å². The number of hydrogen-bond donors (Lipinski definition) is 1. The lowest BCUT2D eigenvalue weighted by atomic mass is 10.1. The van der Waals surface area contributed by atoms with Gasteiger partial charge >= 0.3 is 0 Å². The molecule has 2 aliphatic rings. The van der Waals surface area contributed by atoms with Crippen molar-refractivity contribution in [3.63, 3.8) is 0 Å². The molecule has 2 unspecified atom stereocenters. The number of morpholine rings is 1. The third-order valence-electron chi connectivity index (χ3n) is 3.52. The zero-order valence-corrected chi connectivity index (χ0v) is 10.7. The molecule has 2 bridgehead atoms. The molecule has 0 spiro atoms. The normalized spacial score (nSPS) is 26.4. The number of likely N-dealkylation sites (tertiary alicyclic amines) is 1. The molecule has 1 amide bonds. The van der Waals surface area contributed by atoms with Crippen molar-refractivity contribution in [1.82, 2.24) is 4.90 Å². The van der Waals surface area contributed by atoms with Gasteiger partial charge in [0, 0.05) is 23.5 Å². The first-order chi connectivity index (χ1) is 8.63. The highest BCUT2D eigenvalue weighted by molar-refractivity contribution is 7.80. The van der Waals surface area contributed by atoms with Gasteiger partial charge in [0.15, 0.2) is 0 Å². The molecule has 0 saturated carbocycles. The third kappa shape index (κ3) is 2.12. The van der Waals surface area contributed by atoms with Crippen LogP contribution in [0.3, 0.4) is 0 Å². The second-order valence-corrected chi connectivity index (χ2v) is 5.32. The van der Waals surface area contributed by atoms with E-state index in [4.69, 9.17) is 4.74 Å². The monoisotopic (exact) mass is 267 g/mol. The van der Waals surface area contributed by atoms with Crippen LogP contribution in [-0.2, 0) is 4.74 Å². The fourth-order valence-corrected chi connectivity index (χ4v) is 2.82. The maximum atomic E-state index is 13.1. The second-order valence-electron chi connectivity index (χ2n) is 4.83. The van der Waals surface area contributed by atoms with Gasteiger partial charge < -0.3 is 9.64 Å². The quantitative estimate of drug-likeness (QED) is 0.790. The van der Waals surface area contributed by atoms with Crippen molar-refractivity contribution in [2.75, 3.05) is 13.1 Å².